The van der Waals surface area contributed by atoms with Gasteiger partial charge < -0.3 is 9.47 Å². The largest absolute Gasteiger partial charge is 0.481 e. The Kier molecular flexibility index (Phi) is 5.22. The van der Waals surface area contributed by atoms with Crippen molar-refractivity contribution < 1.29 is 27.8 Å². The van der Waals surface area contributed by atoms with Gasteiger partial charge in [0.2, 0.25) is 0 Å². The second kappa shape index (κ2) is 7.14. The van der Waals surface area contributed by atoms with Crippen molar-refractivity contribution in [3.8, 4) is 5.75 Å². The zero-order valence-electron chi connectivity index (χ0n) is 12.1. The first-order valence-electron chi connectivity index (χ1n) is 6.37. The monoisotopic (exact) mass is 342 g/mol. The molecule has 0 aliphatic heterocycles. The quantitative estimate of drug-likeness (QED) is 0.845. The summed E-state index contributed by atoms with van der Waals surface area (Å²) in [6.45, 7) is 1.44. The number of nitrogens with one attached hydrogen (secondary N) is 1. The molecular weight excluding hydrogens is 330 g/mol. The van der Waals surface area contributed by atoms with Crippen LogP contribution in [-0.4, -0.2) is 30.1 Å². The number of benzene rings is 1. The maximum absolute atomic E-state index is 13.1. The highest BCUT2D eigenvalue weighted by Crippen LogP contribution is 2.20. The van der Waals surface area contributed by atoms with Crippen molar-refractivity contribution in [2.45, 2.75) is 13.0 Å². The maximum Gasteiger partial charge on any atom is 0.349 e. The van der Waals surface area contributed by atoms with E-state index in [4.69, 9.17) is 4.74 Å². The Morgan fingerprint density at radius 1 is 1.30 bits per heavy atom. The number of halogens is 2. The van der Waals surface area contributed by atoms with Crippen molar-refractivity contribution in [2.24, 2.45) is 0 Å². The molecule has 0 spiro atoms. The van der Waals surface area contributed by atoms with E-state index in [2.05, 4.69) is 15.0 Å². The van der Waals surface area contributed by atoms with Gasteiger partial charge in [-0.1, -0.05) is 11.3 Å². The fourth-order valence-electron chi connectivity index (χ4n) is 1.54. The molecule has 122 valence electrons. The molecule has 0 saturated heterocycles. The van der Waals surface area contributed by atoms with Crippen LogP contribution in [-0.2, 0) is 9.53 Å². The summed E-state index contributed by atoms with van der Waals surface area (Å²) < 4.78 is 35.7. The number of carbonyl (C=O) groups excluding carboxylic acids is 2. The fourth-order valence-corrected chi connectivity index (χ4v) is 2.28. The molecule has 23 heavy (non-hydrogen) atoms. The standard InChI is InChI=1S/C14H12F2N2O4S/c1-7(22-8-3-4-9(15)10(16)5-8)12(19)18-14-17-6-11(23-14)13(20)21-2/h3-7H,1-2H3,(H,17,18,19)/t7-/m0/s1. The molecule has 0 fully saturated rings. The molecule has 1 aromatic carbocycles. The topological polar surface area (TPSA) is 77.5 Å². The van der Waals surface area contributed by atoms with Crippen molar-refractivity contribution >= 4 is 28.3 Å². The number of nitrogens with zero attached hydrogens (tertiary/aromatic N) is 1. The van der Waals surface area contributed by atoms with Gasteiger partial charge in [0.1, 0.15) is 10.6 Å². The van der Waals surface area contributed by atoms with Crippen molar-refractivity contribution in [3.05, 3.63) is 40.9 Å². The molecule has 0 aliphatic carbocycles. The first-order valence-corrected chi connectivity index (χ1v) is 7.19. The third-order valence-electron chi connectivity index (χ3n) is 2.70. The van der Waals surface area contributed by atoms with Crippen LogP contribution < -0.4 is 10.1 Å². The third kappa shape index (κ3) is 4.22. The van der Waals surface area contributed by atoms with Gasteiger partial charge in [-0.25, -0.2) is 18.6 Å². The number of methoxy groups -OCH3 is 1. The van der Waals surface area contributed by atoms with E-state index in [0.29, 0.717) is 0 Å². The van der Waals surface area contributed by atoms with Crippen LogP contribution in [0.15, 0.2) is 24.4 Å². The molecule has 0 unspecified atom stereocenters. The smallest absolute Gasteiger partial charge is 0.349 e. The predicted octanol–water partition coefficient (Wildman–Crippen LogP) is 2.61. The fraction of sp³-hybridized carbons (Fsp3) is 0.214. The number of carbonyl (C=O) groups is 2. The summed E-state index contributed by atoms with van der Waals surface area (Å²) in [4.78, 5) is 27.3. The molecule has 1 amide bonds. The summed E-state index contributed by atoms with van der Waals surface area (Å²) >= 11 is 0.939. The summed E-state index contributed by atoms with van der Waals surface area (Å²) in [5.74, 6) is -3.18. The molecule has 1 aromatic heterocycles. The molecule has 1 heterocycles. The zero-order chi connectivity index (χ0) is 17.0. The van der Waals surface area contributed by atoms with Crippen LogP contribution in [0.25, 0.3) is 0 Å². The Hall–Kier alpha value is -2.55. The predicted molar refractivity (Wildman–Crippen MR) is 78.5 cm³/mol. The number of aromatic nitrogens is 1. The average Bonchev–Trinajstić information content (AvgIpc) is 2.98. The van der Waals surface area contributed by atoms with Crippen LogP contribution in [0, 0.1) is 11.6 Å². The minimum Gasteiger partial charge on any atom is -0.481 e. The lowest BCUT2D eigenvalue weighted by Gasteiger charge is -2.13. The minimum absolute atomic E-state index is 0.0148. The van der Waals surface area contributed by atoms with Gasteiger partial charge in [0.15, 0.2) is 22.9 Å². The van der Waals surface area contributed by atoms with Crippen molar-refractivity contribution in [2.75, 3.05) is 12.4 Å². The van der Waals surface area contributed by atoms with Crippen LogP contribution >= 0.6 is 11.3 Å². The molecule has 1 N–H and O–H groups in total. The SMILES string of the molecule is COC(=O)c1cnc(NC(=O)[C@H](C)Oc2ccc(F)c(F)c2)s1. The Balaban J connectivity index is 1.98. The van der Waals surface area contributed by atoms with Crippen molar-refractivity contribution in [3.63, 3.8) is 0 Å². The Morgan fingerprint density at radius 3 is 2.70 bits per heavy atom. The number of esters is 1. The van der Waals surface area contributed by atoms with Crippen LogP contribution in [0.4, 0.5) is 13.9 Å². The highest BCUT2D eigenvalue weighted by Gasteiger charge is 2.18. The first-order chi connectivity index (χ1) is 10.9. The lowest BCUT2D eigenvalue weighted by molar-refractivity contribution is -0.122. The number of rotatable bonds is 5. The number of hydrogen-bond acceptors (Lipinski definition) is 6. The van der Waals surface area contributed by atoms with Gasteiger partial charge in [-0.15, -0.1) is 0 Å². The van der Waals surface area contributed by atoms with Crippen LogP contribution in [0.2, 0.25) is 0 Å². The van der Waals surface area contributed by atoms with E-state index in [0.717, 1.165) is 23.5 Å². The number of ether oxygens (including phenoxy) is 2. The molecule has 0 saturated carbocycles. The van der Waals surface area contributed by atoms with Gasteiger partial charge in [0.25, 0.3) is 5.91 Å². The summed E-state index contributed by atoms with van der Waals surface area (Å²) in [6, 6.07) is 2.96. The number of anilines is 1. The number of thiazole rings is 1. The highest BCUT2D eigenvalue weighted by atomic mass is 32.1. The maximum atomic E-state index is 13.1. The second-order valence-corrected chi connectivity index (χ2v) is 5.38. The molecule has 9 heteroatoms. The molecule has 1 atom stereocenters. The van der Waals surface area contributed by atoms with E-state index >= 15 is 0 Å². The third-order valence-corrected chi connectivity index (χ3v) is 3.59. The number of amides is 1. The minimum atomic E-state index is -1.07. The lowest BCUT2D eigenvalue weighted by Crippen LogP contribution is -2.30. The van der Waals surface area contributed by atoms with Crippen LogP contribution in [0.5, 0.6) is 5.75 Å². The molecule has 2 rings (SSSR count). The summed E-state index contributed by atoms with van der Waals surface area (Å²) in [5.41, 5.74) is 0. The Bertz CT molecular complexity index is 735. The van der Waals surface area contributed by atoms with Gasteiger partial charge in [0.05, 0.1) is 13.3 Å². The van der Waals surface area contributed by atoms with Crippen molar-refractivity contribution in [1.82, 2.24) is 4.98 Å². The second-order valence-electron chi connectivity index (χ2n) is 4.35. The molecule has 0 radical (unpaired) electrons. The molecular formula is C14H12F2N2O4S. The van der Waals surface area contributed by atoms with Gasteiger partial charge in [-0.3, -0.25) is 10.1 Å². The van der Waals surface area contributed by atoms with E-state index in [9.17, 15) is 18.4 Å². The molecule has 6 nitrogen and oxygen atoms in total. The van der Waals surface area contributed by atoms with Crippen LogP contribution in [0.1, 0.15) is 16.6 Å². The zero-order valence-corrected chi connectivity index (χ0v) is 12.9. The van der Waals surface area contributed by atoms with Crippen molar-refractivity contribution in [1.29, 1.82) is 0 Å². The molecule has 0 bridgehead atoms. The summed E-state index contributed by atoms with van der Waals surface area (Å²) in [6.07, 6.45) is 0.290. The number of hydrogen-bond donors (Lipinski definition) is 1. The Labute approximate surface area is 134 Å². The van der Waals surface area contributed by atoms with E-state index in [1.165, 1.54) is 26.3 Å². The van der Waals surface area contributed by atoms with Crippen LogP contribution in [0.3, 0.4) is 0 Å². The van der Waals surface area contributed by atoms with E-state index < -0.39 is 29.6 Å². The van der Waals surface area contributed by atoms with Gasteiger partial charge in [0, 0.05) is 6.07 Å². The lowest BCUT2D eigenvalue weighted by atomic mass is 10.3. The molecule has 0 aliphatic rings. The summed E-state index contributed by atoms with van der Waals surface area (Å²) in [7, 11) is 1.23. The van der Waals surface area contributed by atoms with E-state index in [1.807, 2.05) is 0 Å². The Morgan fingerprint density at radius 2 is 2.04 bits per heavy atom. The summed E-state index contributed by atoms with van der Waals surface area (Å²) in [5, 5.41) is 2.65. The highest BCUT2D eigenvalue weighted by molar-refractivity contribution is 7.17. The van der Waals surface area contributed by atoms with E-state index in [1.54, 1.807) is 0 Å². The average molecular weight is 342 g/mol. The first kappa shape index (κ1) is 16.8. The normalized spacial score (nSPS) is 11.7. The van der Waals surface area contributed by atoms with Gasteiger partial charge in [-0.05, 0) is 19.1 Å². The van der Waals surface area contributed by atoms with Gasteiger partial charge in [-0.2, -0.15) is 0 Å². The molecule has 2 aromatic rings. The van der Waals surface area contributed by atoms with E-state index in [-0.39, 0.29) is 15.8 Å². The van der Waals surface area contributed by atoms with Gasteiger partial charge >= 0.3 is 5.97 Å².